The molecule has 11 heteroatoms. The van der Waals surface area contributed by atoms with Crippen LogP contribution in [0.25, 0.3) is 11.3 Å². The number of hydrogen-bond donors (Lipinski definition) is 2. The van der Waals surface area contributed by atoms with Crippen molar-refractivity contribution in [2.45, 2.75) is 57.7 Å². The lowest BCUT2D eigenvalue weighted by atomic mass is 9.93. The Bertz CT molecular complexity index is 1080. The van der Waals surface area contributed by atoms with Gasteiger partial charge in [0.05, 0.1) is 30.2 Å². The van der Waals surface area contributed by atoms with Gasteiger partial charge in [-0.3, -0.25) is 4.79 Å². The number of carboxylic acids is 1. The van der Waals surface area contributed by atoms with E-state index in [1.165, 1.54) is 31.3 Å². The molecule has 8 nitrogen and oxygen atoms in total. The van der Waals surface area contributed by atoms with E-state index >= 15 is 0 Å². The van der Waals surface area contributed by atoms with Crippen LogP contribution < -0.4 is 4.31 Å². The highest BCUT2D eigenvalue weighted by Gasteiger charge is 2.24. The molecule has 1 aromatic carbocycles. The van der Waals surface area contributed by atoms with Gasteiger partial charge in [-0.2, -0.15) is 0 Å². The van der Waals surface area contributed by atoms with E-state index in [0.717, 1.165) is 10.6 Å². The molecule has 2 rings (SSSR count). The van der Waals surface area contributed by atoms with Crippen molar-refractivity contribution in [2.24, 2.45) is 0 Å². The predicted octanol–water partition coefficient (Wildman–Crippen LogP) is 3.30. The first-order valence-corrected chi connectivity index (χ1v) is 12.3. The molecule has 33 heavy (non-hydrogen) atoms. The van der Waals surface area contributed by atoms with Crippen LogP contribution in [0.5, 0.6) is 0 Å². The van der Waals surface area contributed by atoms with E-state index in [2.05, 4.69) is 9.97 Å². The SMILES string of the molecule is CC(C)c1nc(N(C)S(C)(=O)=O)nc(-c2ccc(F)cc2)c1CC[C@H](O)C[C@H](F)CC(=O)O. The van der Waals surface area contributed by atoms with Gasteiger partial charge in [-0.1, -0.05) is 13.8 Å². The van der Waals surface area contributed by atoms with E-state index in [-0.39, 0.29) is 31.1 Å². The maximum Gasteiger partial charge on any atom is 0.306 e. The van der Waals surface area contributed by atoms with E-state index in [1.54, 1.807) is 0 Å². The molecule has 0 aliphatic carbocycles. The number of hydrogen-bond acceptors (Lipinski definition) is 6. The zero-order valence-electron chi connectivity index (χ0n) is 19.0. The fourth-order valence-electron chi connectivity index (χ4n) is 3.35. The van der Waals surface area contributed by atoms with Crippen molar-refractivity contribution in [3.8, 4) is 11.3 Å². The second kappa shape index (κ2) is 11.0. The van der Waals surface area contributed by atoms with Crippen LogP contribution in [0.1, 0.15) is 50.3 Å². The van der Waals surface area contributed by atoms with Crippen LogP contribution in [0.15, 0.2) is 24.3 Å². The molecule has 182 valence electrons. The van der Waals surface area contributed by atoms with Gasteiger partial charge < -0.3 is 10.2 Å². The topological polar surface area (TPSA) is 121 Å². The van der Waals surface area contributed by atoms with E-state index in [0.29, 0.717) is 22.5 Å². The fourth-order valence-corrected chi connectivity index (χ4v) is 3.72. The van der Waals surface area contributed by atoms with Crippen molar-refractivity contribution in [3.05, 3.63) is 41.3 Å². The summed E-state index contributed by atoms with van der Waals surface area (Å²) in [5, 5.41) is 19.0. The predicted molar refractivity (Wildman–Crippen MR) is 121 cm³/mol. The minimum absolute atomic E-state index is 0.0462. The van der Waals surface area contributed by atoms with Crippen molar-refractivity contribution < 1.29 is 32.2 Å². The van der Waals surface area contributed by atoms with Crippen molar-refractivity contribution >= 4 is 21.9 Å². The van der Waals surface area contributed by atoms with Gasteiger partial charge in [0, 0.05) is 24.6 Å². The van der Waals surface area contributed by atoms with Gasteiger partial charge in [0.25, 0.3) is 0 Å². The lowest BCUT2D eigenvalue weighted by Crippen LogP contribution is -2.28. The maximum absolute atomic E-state index is 13.8. The highest BCUT2D eigenvalue weighted by atomic mass is 32.2. The lowest BCUT2D eigenvalue weighted by molar-refractivity contribution is -0.138. The maximum atomic E-state index is 13.8. The van der Waals surface area contributed by atoms with Gasteiger partial charge in [-0.15, -0.1) is 0 Å². The molecule has 0 unspecified atom stereocenters. The van der Waals surface area contributed by atoms with Crippen molar-refractivity contribution in [2.75, 3.05) is 17.6 Å². The Morgan fingerprint density at radius 2 is 1.79 bits per heavy atom. The molecule has 1 heterocycles. The first-order valence-electron chi connectivity index (χ1n) is 10.4. The smallest absolute Gasteiger partial charge is 0.306 e. The summed E-state index contributed by atoms with van der Waals surface area (Å²) in [5.74, 6) is -1.92. The van der Waals surface area contributed by atoms with Crippen LogP contribution in [0.3, 0.4) is 0 Å². The third kappa shape index (κ3) is 7.43. The Morgan fingerprint density at radius 3 is 2.30 bits per heavy atom. The van der Waals surface area contributed by atoms with E-state index < -0.39 is 40.5 Å². The summed E-state index contributed by atoms with van der Waals surface area (Å²) in [6.45, 7) is 3.73. The monoisotopic (exact) mass is 485 g/mol. The third-order valence-electron chi connectivity index (χ3n) is 5.12. The number of benzene rings is 1. The molecule has 2 aromatic rings. The van der Waals surface area contributed by atoms with Gasteiger partial charge in [-0.25, -0.2) is 31.5 Å². The molecule has 0 fully saturated rings. The second-order valence-corrected chi connectivity index (χ2v) is 10.3. The number of aromatic nitrogens is 2. The minimum Gasteiger partial charge on any atom is -0.481 e. The van der Waals surface area contributed by atoms with Crippen LogP contribution in [-0.4, -0.2) is 60.1 Å². The number of aliphatic carboxylic acids is 1. The molecule has 0 saturated carbocycles. The zero-order chi connectivity index (χ0) is 24.9. The molecule has 0 saturated heterocycles. The van der Waals surface area contributed by atoms with E-state index in [1.807, 2.05) is 13.8 Å². The van der Waals surface area contributed by atoms with Gasteiger partial charge in [0.15, 0.2) is 0 Å². The number of sulfonamides is 1. The summed E-state index contributed by atoms with van der Waals surface area (Å²) < 4.78 is 52.4. The van der Waals surface area contributed by atoms with Gasteiger partial charge in [0.2, 0.25) is 16.0 Å². The Labute approximate surface area is 192 Å². The average Bonchev–Trinajstić information content (AvgIpc) is 2.70. The van der Waals surface area contributed by atoms with Crippen LogP contribution >= 0.6 is 0 Å². The molecule has 0 bridgehead atoms. The highest BCUT2D eigenvalue weighted by Crippen LogP contribution is 2.32. The van der Waals surface area contributed by atoms with Crippen LogP contribution in [0.4, 0.5) is 14.7 Å². The Kier molecular flexibility index (Phi) is 8.84. The lowest BCUT2D eigenvalue weighted by Gasteiger charge is -2.22. The van der Waals surface area contributed by atoms with Crippen molar-refractivity contribution in [3.63, 3.8) is 0 Å². The largest absolute Gasteiger partial charge is 0.481 e. The number of halogens is 2. The summed E-state index contributed by atoms with van der Waals surface area (Å²) >= 11 is 0. The Balaban J connectivity index is 2.50. The quantitative estimate of drug-likeness (QED) is 0.501. The summed E-state index contributed by atoms with van der Waals surface area (Å²) in [7, 11) is -2.32. The molecule has 2 atom stereocenters. The Hall–Kier alpha value is -2.66. The summed E-state index contributed by atoms with van der Waals surface area (Å²) in [6, 6.07) is 5.53. The number of aliphatic hydroxyl groups is 1. The van der Waals surface area contributed by atoms with Crippen LogP contribution in [0.2, 0.25) is 0 Å². The Morgan fingerprint density at radius 1 is 1.18 bits per heavy atom. The summed E-state index contributed by atoms with van der Waals surface area (Å²) in [6.07, 6.45) is -2.43. The number of carboxylic acid groups (broad SMARTS) is 1. The third-order valence-corrected chi connectivity index (χ3v) is 6.28. The molecule has 0 aliphatic heterocycles. The molecular formula is C22H29F2N3O5S. The first-order chi connectivity index (χ1) is 15.3. The average molecular weight is 486 g/mol. The van der Waals surface area contributed by atoms with Crippen molar-refractivity contribution in [1.82, 2.24) is 9.97 Å². The van der Waals surface area contributed by atoms with Crippen molar-refractivity contribution in [1.29, 1.82) is 0 Å². The molecule has 0 radical (unpaired) electrons. The normalized spacial score (nSPS) is 13.7. The fraction of sp³-hybridized carbons (Fsp3) is 0.500. The first kappa shape index (κ1) is 26.6. The number of rotatable bonds is 11. The van der Waals surface area contributed by atoms with E-state index in [9.17, 15) is 27.1 Å². The summed E-state index contributed by atoms with van der Waals surface area (Å²) in [4.78, 5) is 19.6. The van der Waals surface area contributed by atoms with Crippen LogP contribution in [0, 0.1) is 5.82 Å². The standard InChI is InChI=1S/C22H29F2N3O5S/c1-13(2)20-18(10-9-17(28)11-16(24)12-19(29)30)21(14-5-7-15(23)8-6-14)26-22(25-20)27(3)33(4,31)32/h5-8,13,16-17,28H,9-12H2,1-4H3,(H,29,30)/t16-,17-/m0/s1. The van der Waals surface area contributed by atoms with Gasteiger partial charge >= 0.3 is 5.97 Å². The number of alkyl halides is 1. The summed E-state index contributed by atoms with van der Waals surface area (Å²) in [5.41, 5.74) is 2.08. The second-order valence-electron chi connectivity index (χ2n) is 8.25. The minimum atomic E-state index is -3.65. The number of aliphatic hydroxyl groups excluding tert-OH is 1. The highest BCUT2D eigenvalue weighted by molar-refractivity contribution is 7.92. The van der Waals surface area contributed by atoms with Gasteiger partial charge in [-0.05, 0) is 43.0 Å². The molecule has 2 N–H and O–H groups in total. The van der Waals surface area contributed by atoms with Gasteiger partial charge in [0.1, 0.15) is 12.0 Å². The number of carbonyl (C=O) groups is 1. The molecule has 0 spiro atoms. The van der Waals surface area contributed by atoms with Crippen LogP contribution in [-0.2, 0) is 21.2 Å². The molecule has 1 aromatic heterocycles. The number of anilines is 1. The molecular weight excluding hydrogens is 456 g/mol. The number of nitrogens with zero attached hydrogens (tertiary/aromatic N) is 3. The van der Waals surface area contributed by atoms with E-state index in [4.69, 9.17) is 5.11 Å². The molecule has 0 aliphatic rings. The zero-order valence-corrected chi connectivity index (χ0v) is 19.8. The molecule has 0 amide bonds.